The minimum Gasteiger partial charge on any atom is -0.368 e. The number of nitrogen functional groups attached to an aromatic ring is 1. The maximum absolute atomic E-state index is 13.2. The number of benzene rings is 1. The van der Waals surface area contributed by atoms with Gasteiger partial charge in [-0.25, -0.2) is 9.97 Å². The third-order valence-corrected chi connectivity index (χ3v) is 4.18. The van der Waals surface area contributed by atoms with Crippen molar-refractivity contribution in [2.75, 3.05) is 5.73 Å². The lowest BCUT2D eigenvalue weighted by molar-refractivity contribution is -0.144. The van der Waals surface area contributed by atoms with E-state index in [4.69, 9.17) is 5.73 Å². The zero-order valence-corrected chi connectivity index (χ0v) is 15.0. The van der Waals surface area contributed by atoms with E-state index in [1.54, 1.807) is 12.1 Å². The first-order valence-electron chi connectivity index (χ1n) is 8.38. The van der Waals surface area contributed by atoms with Gasteiger partial charge in [-0.2, -0.15) is 17.7 Å². The number of hydrogen-bond donors (Lipinski definition) is 1. The molecule has 2 N–H and O–H groups in total. The highest BCUT2D eigenvalue weighted by atomic mass is 19.4. The monoisotopic (exact) mass is 384 g/mol. The Bertz CT molecular complexity index is 1160. The fraction of sp³-hybridized carbons (Fsp3) is 0.158. The van der Waals surface area contributed by atoms with Crippen LogP contribution in [0.4, 0.5) is 19.1 Å². The van der Waals surface area contributed by atoms with Crippen LogP contribution >= 0.6 is 0 Å². The maximum Gasteiger partial charge on any atom is 0.453 e. The summed E-state index contributed by atoms with van der Waals surface area (Å²) >= 11 is 0. The number of halogens is 3. The van der Waals surface area contributed by atoms with Crippen LogP contribution in [0.1, 0.15) is 17.2 Å². The van der Waals surface area contributed by atoms with Gasteiger partial charge in [0, 0.05) is 17.0 Å². The fourth-order valence-electron chi connectivity index (χ4n) is 3.13. The average Bonchev–Trinajstić information content (AvgIpc) is 3.07. The Balaban J connectivity index is 2.14. The molecule has 28 heavy (non-hydrogen) atoms. The summed E-state index contributed by atoms with van der Waals surface area (Å²) in [6, 6.07) is 12.6. The van der Waals surface area contributed by atoms with Gasteiger partial charge in [0.1, 0.15) is 0 Å². The van der Waals surface area contributed by atoms with E-state index in [2.05, 4.69) is 20.1 Å². The molecule has 0 aliphatic rings. The molecule has 0 saturated carbocycles. The minimum atomic E-state index is -4.70. The molecule has 0 unspecified atom stereocenters. The van der Waals surface area contributed by atoms with Crippen molar-refractivity contribution < 1.29 is 13.2 Å². The van der Waals surface area contributed by atoms with Crippen LogP contribution < -0.4 is 5.73 Å². The smallest absolute Gasteiger partial charge is 0.368 e. The van der Waals surface area contributed by atoms with Gasteiger partial charge in [0.25, 0.3) is 5.82 Å². The number of fused-ring (bicyclic) bond motifs is 1. The summed E-state index contributed by atoms with van der Waals surface area (Å²) in [6.07, 6.45) is -4.70. The summed E-state index contributed by atoms with van der Waals surface area (Å²) in [4.78, 5) is 12.4. The second-order valence-electron chi connectivity index (χ2n) is 6.37. The van der Waals surface area contributed by atoms with Crippen LogP contribution in [0.25, 0.3) is 28.0 Å². The molecule has 0 bridgehead atoms. The van der Waals surface area contributed by atoms with Crippen molar-refractivity contribution in [3.05, 3.63) is 59.7 Å². The molecule has 4 aromatic rings. The SMILES string of the molecule is Cc1cc(-c2c(-c3ccccc3)nc(N)n3nc(C(F)(F)F)nc23)cc(C)n1. The second kappa shape index (κ2) is 6.29. The summed E-state index contributed by atoms with van der Waals surface area (Å²) in [5, 5.41) is 3.53. The standard InChI is InChI=1S/C19H15F3N6/c1-10-8-13(9-11(2)24-10)14-15(12-6-4-3-5-7-12)25-18(23)28-16(14)26-17(27-28)19(20,21)22/h3-9H,1-2H3,(H2,23,25). The van der Waals surface area contributed by atoms with E-state index in [9.17, 15) is 13.2 Å². The predicted octanol–water partition coefficient (Wildman–Crippen LogP) is 4.07. The molecule has 6 nitrogen and oxygen atoms in total. The van der Waals surface area contributed by atoms with Crippen LogP contribution in [0.3, 0.4) is 0 Å². The number of aryl methyl sites for hydroxylation is 2. The first-order valence-corrected chi connectivity index (χ1v) is 8.38. The number of rotatable bonds is 2. The van der Waals surface area contributed by atoms with E-state index in [0.29, 0.717) is 22.4 Å². The number of nitrogens with two attached hydrogens (primary N) is 1. The van der Waals surface area contributed by atoms with Crippen molar-refractivity contribution >= 4 is 11.6 Å². The predicted molar refractivity (Wildman–Crippen MR) is 98.3 cm³/mol. The summed E-state index contributed by atoms with van der Waals surface area (Å²) in [7, 11) is 0. The number of alkyl halides is 3. The highest BCUT2D eigenvalue weighted by molar-refractivity contribution is 5.90. The number of hydrogen-bond acceptors (Lipinski definition) is 5. The summed E-state index contributed by atoms with van der Waals surface area (Å²) < 4.78 is 40.6. The van der Waals surface area contributed by atoms with Crippen LogP contribution in [0.5, 0.6) is 0 Å². The van der Waals surface area contributed by atoms with Crippen molar-refractivity contribution in [2.45, 2.75) is 20.0 Å². The molecule has 3 heterocycles. The molecule has 1 aromatic carbocycles. The Morgan fingerprint density at radius 2 is 1.54 bits per heavy atom. The number of aromatic nitrogens is 5. The van der Waals surface area contributed by atoms with E-state index in [1.807, 2.05) is 44.2 Å². The normalized spacial score (nSPS) is 11.9. The number of anilines is 1. The van der Waals surface area contributed by atoms with Crippen molar-refractivity contribution in [2.24, 2.45) is 0 Å². The molecule has 0 fully saturated rings. The lowest BCUT2D eigenvalue weighted by Crippen LogP contribution is -2.09. The van der Waals surface area contributed by atoms with E-state index in [0.717, 1.165) is 15.9 Å². The molecular weight excluding hydrogens is 369 g/mol. The van der Waals surface area contributed by atoms with E-state index in [1.165, 1.54) is 0 Å². The quantitative estimate of drug-likeness (QED) is 0.563. The van der Waals surface area contributed by atoms with E-state index >= 15 is 0 Å². The molecule has 0 radical (unpaired) electrons. The van der Waals surface area contributed by atoms with Gasteiger partial charge in [-0.3, -0.25) is 4.98 Å². The molecule has 9 heteroatoms. The van der Waals surface area contributed by atoms with Crippen LogP contribution in [0.2, 0.25) is 0 Å². The Kier molecular flexibility index (Phi) is 4.02. The van der Waals surface area contributed by atoms with Crippen molar-refractivity contribution in [1.29, 1.82) is 0 Å². The summed E-state index contributed by atoms with van der Waals surface area (Å²) in [5.74, 6) is -1.45. The average molecular weight is 384 g/mol. The van der Waals surface area contributed by atoms with Gasteiger partial charge in [0.15, 0.2) is 5.65 Å². The summed E-state index contributed by atoms with van der Waals surface area (Å²) in [5.41, 5.74) is 9.55. The Morgan fingerprint density at radius 1 is 0.893 bits per heavy atom. The second-order valence-corrected chi connectivity index (χ2v) is 6.37. The largest absolute Gasteiger partial charge is 0.453 e. The van der Waals surface area contributed by atoms with Crippen LogP contribution in [0.15, 0.2) is 42.5 Å². The number of nitrogens with zero attached hydrogens (tertiary/aromatic N) is 5. The third-order valence-electron chi connectivity index (χ3n) is 4.18. The van der Waals surface area contributed by atoms with Gasteiger partial charge in [-0.1, -0.05) is 30.3 Å². The van der Waals surface area contributed by atoms with Crippen LogP contribution in [-0.2, 0) is 6.18 Å². The topological polar surface area (TPSA) is 82.0 Å². The fourth-order valence-corrected chi connectivity index (χ4v) is 3.13. The molecule has 0 aliphatic heterocycles. The first kappa shape index (κ1) is 17.9. The zero-order chi connectivity index (χ0) is 20.1. The first-order chi connectivity index (χ1) is 13.2. The summed E-state index contributed by atoms with van der Waals surface area (Å²) in [6.45, 7) is 3.62. The Hall–Kier alpha value is -3.49. The highest BCUT2D eigenvalue weighted by Gasteiger charge is 2.37. The third kappa shape index (κ3) is 3.04. The number of pyridine rings is 1. The van der Waals surface area contributed by atoms with Gasteiger partial charge < -0.3 is 5.73 Å². The van der Waals surface area contributed by atoms with Crippen molar-refractivity contribution in [1.82, 2.24) is 24.6 Å². The van der Waals surface area contributed by atoms with E-state index in [-0.39, 0.29) is 11.6 Å². The molecular formula is C19H15F3N6. The zero-order valence-electron chi connectivity index (χ0n) is 15.0. The van der Waals surface area contributed by atoms with Gasteiger partial charge in [-0.05, 0) is 31.5 Å². The van der Waals surface area contributed by atoms with Gasteiger partial charge >= 0.3 is 6.18 Å². The van der Waals surface area contributed by atoms with E-state index < -0.39 is 12.0 Å². The van der Waals surface area contributed by atoms with Crippen molar-refractivity contribution in [3.63, 3.8) is 0 Å². The Morgan fingerprint density at radius 3 is 2.14 bits per heavy atom. The molecule has 0 saturated heterocycles. The van der Waals surface area contributed by atoms with Gasteiger partial charge in [0.05, 0.1) is 11.3 Å². The van der Waals surface area contributed by atoms with Gasteiger partial charge in [-0.15, -0.1) is 5.10 Å². The van der Waals surface area contributed by atoms with Gasteiger partial charge in [0.2, 0.25) is 5.95 Å². The van der Waals surface area contributed by atoms with Crippen LogP contribution in [0, 0.1) is 13.8 Å². The Labute approximate surface area is 157 Å². The molecule has 4 rings (SSSR count). The molecule has 0 atom stereocenters. The molecule has 142 valence electrons. The lowest BCUT2D eigenvalue weighted by Gasteiger charge is -2.13. The maximum atomic E-state index is 13.2. The van der Waals surface area contributed by atoms with Crippen LogP contribution in [-0.4, -0.2) is 24.6 Å². The molecule has 0 spiro atoms. The van der Waals surface area contributed by atoms with Crippen molar-refractivity contribution in [3.8, 4) is 22.4 Å². The highest BCUT2D eigenvalue weighted by Crippen LogP contribution is 2.36. The molecule has 0 amide bonds. The molecule has 0 aliphatic carbocycles. The minimum absolute atomic E-state index is 0.0105. The lowest BCUT2D eigenvalue weighted by atomic mass is 9.99. The molecule has 3 aromatic heterocycles.